The van der Waals surface area contributed by atoms with E-state index >= 15 is 0 Å². The molecular formula is C12H24N3O4P. The molecule has 3 aliphatic rings. The third-order valence-electron chi connectivity index (χ3n) is 4.07. The lowest BCUT2D eigenvalue weighted by molar-refractivity contribution is 0.0307. The molecule has 3 fully saturated rings. The van der Waals surface area contributed by atoms with Gasteiger partial charge in [-0.3, -0.25) is 4.57 Å². The summed E-state index contributed by atoms with van der Waals surface area (Å²) in [6, 6.07) is 0. The van der Waals surface area contributed by atoms with E-state index in [-0.39, 0.29) is 0 Å². The monoisotopic (exact) mass is 305 g/mol. The maximum Gasteiger partial charge on any atom is 0.287 e. The average molecular weight is 305 g/mol. The number of nitrogens with zero attached hydrogens (tertiary/aromatic N) is 3. The summed E-state index contributed by atoms with van der Waals surface area (Å²) in [5.74, 6) is 0. The highest BCUT2D eigenvalue weighted by atomic mass is 31.2. The maximum atomic E-state index is 13.9. The molecule has 0 aromatic carbocycles. The highest BCUT2D eigenvalue weighted by Crippen LogP contribution is 2.56. The molecule has 0 N–H and O–H groups in total. The third kappa shape index (κ3) is 2.95. The molecular weight excluding hydrogens is 281 g/mol. The molecule has 8 heteroatoms. The van der Waals surface area contributed by atoms with Gasteiger partial charge in [-0.2, -0.15) is 0 Å². The van der Waals surface area contributed by atoms with Crippen LogP contribution in [0.25, 0.3) is 0 Å². The molecule has 0 aromatic heterocycles. The fraction of sp³-hybridized carbons (Fsp3) is 1.00. The molecule has 0 bridgehead atoms. The summed E-state index contributed by atoms with van der Waals surface area (Å²) in [6.45, 7) is 8.44. The van der Waals surface area contributed by atoms with E-state index in [9.17, 15) is 4.57 Å². The van der Waals surface area contributed by atoms with Crippen LogP contribution >= 0.6 is 7.59 Å². The van der Waals surface area contributed by atoms with Gasteiger partial charge in [0.15, 0.2) is 0 Å². The number of hydrogen-bond donors (Lipinski definition) is 0. The van der Waals surface area contributed by atoms with Crippen LogP contribution in [0.15, 0.2) is 0 Å². The summed E-state index contributed by atoms with van der Waals surface area (Å²) in [6.07, 6.45) is 0. The van der Waals surface area contributed by atoms with E-state index in [4.69, 9.17) is 14.2 Å². The van der Waals surface area contributed by atoms with Crippen LogP contribution in [-0.2, 0) is 18.8 Å². The Bertz CT molecular complexity index is 300. The first-order valence-electron chi connectivity index (χ1n) is 7.41. The topological polar surface area (TPSA) is 54.5 Å². The van der Waals surface area contributed by atoms with Crippen LogP contribution in [0.3, 0.4) is 0 Å². The summed E-state index contributed by atoms with van der Waals surface area (Å²) in [5, 5.41) is 0. The van der Waals surface area contributed by atoms with E-state index in [1.165, 1.54) is 0 Å². The SMILES string of the molecule is O=P(N1CCOCC1)(N1CCOCC1)N1CCOCC1. The summed E-state index contributed by atoms with van der Waals surface area (Å²) in [7, 11) is -2.69. The van der Waals surface area contributed by atoms with Gasteiger partial charge in [0.2, 0.25) is 0 Å². The largest absolute Gasteiger partial charge is 0.379 e. The van der Waals surface area contributed by atoms with Gasteiger partial charge in [-0.05, 0) is 0 Å². The fourth-order valence-electron chi connectivity index (χ4n) is 2.98. The Morgan fingerprint density at radius 1 is 0.550 bits per heavy atom. The zero-order chi connectivity index (χ0) is 13.8. The Hall–Kier alpha value is -0.0100. The number of rotatable bonds is 3. The Labute approximate surface area is 120 Å². The summed E-state index contributed by atoms with van der Waals surface area (Å²) in [5.41, 5.74) is 0. The summed E-state index contributed by atoms with van der Waals surface area (Å²) >= 11 is 0. The number of morpholine rings is 3. The summed E-state index contributed by atoms with van der Waals surface area (Å²) in [4.78, 5) is 0. The lowest BCUT2D eigenvalue weighted by Crippen LogP contribution is -2.50. The van der Waals surface area contributed by atoms with Gasteiger partial charge >= 0.3 is 0 Å². The molecule has 3 saturated heterocycles. The van der Waals surface area contributed by atoms with E-state index in [0.717, 1.165) is 39.3 Å². The molecule has 116 valence electrons. The van der Waals surface area contributed by atoms with Crippen LogP contribution < -0.4 is 0 Å². The Morgan fingerprint density at radius 2 is 0.800 bits per heavy atom. The first-order valence-corrected chi connectivity index (χ1v) is 8.98. The van der Waals surface area contributed by atoms with Crippen LogP contribution in [-0.4, -0.2) is 92.9 Å². The highest BCUT2D eigenvalue weighted by molar-refractivity contribution is 7.56. The van der Waals surface area contributed by atoms with E-state index in [1.54, 1.807) is 0 Å². The normalized spacial score (nSPS) is 28.6. The van der Waals surface area contributed by atoms with Crippen molar-refractivity contribution >= 4 is 7.59 Å². The molecule has 0 aliphatic carbocycles. The van der Waals surface area contributed by atoms with Gasteiger partial charge in [0.25, 0.3) is 7.59 Å². The quantitative estimate of drug-likeness (QED) is 0.685. The van der Waals surface area contributed by atoms with Crippen molar-refractivity contribution in [3.05, 3.63) is 0 Å². The van der Waals surface area contributed by atoms with E-state index in [2.05, 4.69) is 14.0 Å². The van der Waals surface area contributed by atoms with Gasteiger partial charge in [-0.15, -0.1) is 0 Å². The van der Waals surface area contributed by atoms with Crippen molar-refractivity contribution in [3.63, 3.8) is 0 Å². The van der Waals surface area contributed by atoms with Gasteiger partial charge in [0, 0.05) is 39.3 Å². The molecule has 7 nitrogen and oxygen atoms in total. The Balaban J connectivity index is 1.81. The van der Waals surface area contributed by atoms with Crippen molar-refractivity contribution in [2.75, 3.05) is 78.9 Å². The van der Waals surface area contributed by atoms with Crippen molar-refractivity contribution in [3.8, 4) is 0 Å². The molecule has 0 aromatic rings. The standard InChI is InChI=1S/C12H24N3O4P/c16-20(13-1-7-17-8-2-13,14-3-9-18-10-4-14)15-5-11-19-12-6-15/h1-12H2. The van der Waals surface area contributed by atoms with Crippen LogP contribution in [0.5, 0.6) is 0 Å². The molecule has 0 amide bonds. The minimum atomic E-state index is -2.69. The predicted octanol–water partition coefficient (Wildman–Crippen LogP) is 0.0911. The lowest BCUT2D eigenvalue weighted by atomic mass is 10.5. The maximum absolute atomic E-state index is 13.9. The molecule has 0 unspecified atom stereocenters. The van der Waals surface area contributed by atoms with Gasteiger partial charge in [0.1, 0.15) is 0 Å². The van der Waals surface area contributed by atoms with Crippen molar-refractivity contribution in [1.29, 1.82) is 0 Å². The number of ether oxygens (including phenoxy) is 3. The molecule has 3 heterocycles. The lowest BCUT2D eigenvalue weighted by Gasteiger charge is -2.47. The highest BCUT2D eigenvalue weighted by Gasteiger charge is 2.44. The Kier molecular flexibility index (Phi) is 5.09. The molecule has 0 spiro atoms. The molecule has 3 rings (SSSR count). The predicted molar refractivity (Wildman–Crippen MR) is 74.8 cm³/mol. The van der Waals surface area contributed by atoms with E-state index < -0.39 is 7.59 Å². The molecule has 20 heavy (non-hydrogen) atoms. The van der Waals surface area contributed by atoms with Gasteiger partial charge < -0.3 is 14.2 Å². The van der Waals surface area contributed by atoms with Gasteiger partial charge in [-0.25, -0.2) is 14.0 Å². The van der Waals surface area contributed by atoms with Gasteiger partial charge in [0.05, 0.1) is 39.6 Å². The zero-order valence-corrected chi connectivity index (χ0v) is 12.8. The minimum Gasteiger partial charge on any atom is -0.379 e. The molecule has 0 saturated carbocycles. The second-order valence-electron chi connectivity index (χ2n) is 5.21. The second kappa shape index (κ2) is 6.83. The van der Waals surface area contributed by atoms with Crippen LogP contribution in [0.1, 0.15) is 0 Å². The molecule has 0 atom stereocenters. The van der Waals surface area contributed by atoms with Crippen molar-refractivity contribution in [2.45, 2.75) is 0 Å². The molecule has 0 radical (unpaired) electrons. The molecule has 3 aliphatic heterocycles. The number of hydrogen-bond acceptors (Lipinski definition) is 4. The smallest absolute Gasteiger partial charge is 0.287 e. The first kappa shape index (κ1) is 14.9. The minimum absolute atomic E-state index is 0.665. The summed E-state index contributed by atoms with van der Waals surface area (Å²) < 4.78 is 36.5. The van der Waals surface area contributed by atoms with E-state index in [1.807, 2.05) is 0 Å². The average Bonchev–Trinajstić information content (AvgIpc) is 2.56. The van der Waals surface area contributed by atoms with Crippen LogP contribution in [0, 0.1) is 0 Å². The third-order valence-corrected chi connectivity index (χ3v) is 7.48. The van der Waals surface area contributed by atoms with E-state index in [0.29, 0.717) is 39.6 Å². The first-order chi connectivity index (χ1) is 9.82. The van der Waals surface area contributed by atoms with Crippen molar-refractivity contribution < 1.29 is 18.8 Å². The zero-order valence-electron chi connectivity index (χ0n) is 11.9. The van der Waals surface area contributed by atoms with Crippen LogP contribution in [0.2, 0.25) is 0 Å². The van der Waals surface area contributed by atoms with Crippen LogP contribution in [0.4, 0.5) is 0 Å². The second-order valence-corrected chi connectivity index (χ2v) is 7.93. The van der Waals surface area contributed by atoms with Crippen molar-refractivity contribution in [1.82, 2.24) is 14.0 Å². The van der Waals surface area contributed by atoms with Gasteiger partial charge in [-0.1, -0.05) is 0 Å². The van der Waals surface area contributed by atoms with Crippen molar-refractivity contribution in [2.24, 2.45) is 0 Å². The Morgan fingerprint density at radius 3 is 1.05 bits per heavy atom. The fourth-order valence-corrected chi connectivity index (χ4v) is 6.11.